The van der Waals surface area contributed by atoms with E-state index in [2.05, 4.69) is 6.92 Å². The van der Waals surface area contributed by atoms with Gasteiger partial charge >= 0.3 is 5.97 Å². The van der Waals surface area contributed by atoms with Crippen LogP contribution in [0.25, 0.3) is 0 Å². The molecule has 0 saturated heterocycles. The van der Waals surface area contributed by atoms with Gasteiger partial charge in [-0.05, 0) is 38.0 Å². The maximum absolute atomic E-state index is 13.1. The van der Waals surface area contributed by atoms with Gasteiger partial charge < -0.3 is 9.47 Å². The van der Waals surface area contributed by atoms with E-state index in [1.54, 1.807) is 25.1 Å². The molecule has 0 saturated carbocycles. The van der Waals surface area contributed by atoms with E-state index in [-0.39, 0.29) is 0 Å². The van der Waals surface area contributed by atoms with Crippen LogP contribution in [0, 0.1) is 6.92 Å². The number of carbonyl (C=O) groups is 1. The van der Waals surface area contributed by atoms with Gasteiger partial charge in [0.15, 0.2) is 0 Å². The Hall–Kier alpha value is -1.71. The Morgan fingerprint density at radius 2 is 1.66 bits per heavy atom. The van der Waals surface area contributed by atoms with E-state index < -0.39 is 11.6 Å². The number of rotatable bonds is 11. The van der Waals surface area contributed by atoms with Crippen molar-refractivity contribution in [3.05, 3.63) is 63.6 Å². The summed E-state index contributed by atoms with van der Waals surface area (Å²) in [5.41, 5.74) is -0.000455. The zero-order chi connectivity index (χ0) is 21.3. The molecule has 2 rings (SSSR count). The molecule has 0 aliphatic rings. The number of ether oxygens (including phenoxy) is 2. The van der Waals surface area contributed by atoms with Gasteiger partial charge in [0.2, 0.25) is 5.60 Å². The average molecular weight is 437 g/mol. The fraction of sp³-hybridized carbons (Fsp3) is 0.458. The third kappa shape index (κ3) is 6.38. The maximum atomic E-state index is 13.1. The van der Waals surface area contributed by atoms with Crippen molar-refractivity contribution in [1.29, 1.82) is 0 Å². The van der Waals surface area contributed by atoms with Crippen LogP contribution in [0.15, 0.2) is 42.5 Å². The van der Waals surface area contributed by atoms with Crippen molar-refractivity contribution < 1.29 is 14.3 Å². The van der Waals surface area contributed by atoms with Crippen LogP contribution >= 0.6 is 23.2 Å². The molecule has 29 heavy (non-hydrogen) atoms. The molecule has 0 amide bonds. The lowest BCUT2D eigenvalue weighted by Crippen LogP contribution is -2.41. The Labute approximate surface area is 184 Å². The van der Waals surface area contributed by atoms with Crippen molar-refractivity contribution in [1.82, 2.24) is 0 Å². The van der Waals surface area contributed by atoms with Crippen molar-refractivity contribution in [3.63, 3.8) is 0 Å². The second-order valence-corrected chi connectivity index (χ2v) is 8.19. The first-order valence-electron chi connectivity index (χ1n) is 10.3. The monoisotopic (exact) mass is 436 g/mol. The Morgan fingerprint density at radius 1 is 0.966 bits per heavy atom. The number of hydrogen-bond acceptors (Lipinski definition) is 3. The lowest BCUT2D eigenvalue weighted by atomic mass is 9.95. The molecule has 0 aromatic heterocycles. The van der Waals surface area contributed by atoms with Crippen molar-refractivity contribution in [2.45, 2.75) is 64.9 Å². The first kappa shape index (κ1) is 23.6. The van der Waals surface area contributed by atoms with E-state index in [1.165, 1.54) is 19.3 Å². The van der Waals surface area contributed by atoms with Crippen LogP contribution in [0.5, 0.6) is 5.75 Å². The molecule has 1 atom stereocenters. The normalized spacial score (nSPS) is 13.0. The van der Waals surface area contributed by atoms with E-state index in [4.69, 9.17) is 32.7 Å². The molecule has 158 valence electrons. The number of para-hydroxylation sites is 1. The largest absolute Gasteiger partial charge is 0.471 e. The molecule has 0 aliphatic heterocycles. The zero-order valence-electron chi connectivity index (χ0n) is 17.5. The summed E-state index contributed by atoms with van der Waals surface area (Å²) in [6, 6.07) is 12.7. The minimum absolute atomic E-state index is 0.293. The number of halogens is 2. The van der Waals surface area contributed by atoms with Gasteiger partial charge in [0.1, 0.15) is 5.75 Å². The van der Waals surface area contributed by atoms with Crippen LogP contribution in [0.4, 0.5) is 0 Å². The van der Waals surface area contributed by atoms with E-state index in [0.717, 1.165) is 24.8 Å². The molecule has 0 fully saturated rings. The third-order valence-electron chi connectivity index (χ3n) is 4.99. The Bertz CT molecular complexity index is 806. The summed E-state index contributed by atoms with van der Waals surface area (Å²) in [6.07, 6.45) is 6.71. The SMILES string of the molecule is CCCCCCCCOC(=O)C(C)(Oc1ccccc1C)c1cccc(Cl)c1Cl. The smallest absolute Gasteiger partial charge is 0.355 e. The summed E-state index contributed by atoms with van der Waals surface area (Å²) >= 11 is 12.6. The minimum atomic E-state index is -1.41. The van der Waals surface area contributed by atoms with Gasteiger partial charge in [-0.3, -0.25) is 0 Å². The lowest BCUT2D eigenvalue weighted by Gasteiger charge is -2.30. The number of benzene rings is 2. The number of unbranched alkanes of at least 4 members (excludes halogenated alkanes) is 5. The molecule has 0 heterocycles. The molecule has 0 spiro atoms. The number of aryl methyl sites for hydroxylation is 1. The highest BCUT2D eigenvalue weighted by atomic mass is 35.5. The first-order chi connectivity index (χ1) is 13.9. The molecule has 3 nitrogen and oxygen atoms in total. The lowest BCUT2D eigenvalue weighted by molar-refractivity contribution is -0.162. The molecule has 0 N–H and O–H groups in total. The van der Waals surface area contributed by atoms with E-state index in [0.29, 0.717) is 28.0 Å². The predicted molar refractivity (Wildman–Crippen MR) is 120 cm³/mol. The van der Waals surface area contributed by atoms with Crippen molar-refractivity contribution in [2.24, 2.45) is 0 Å². The van der Waals surface area contributed by atoms with Crippen molar-refractivity contribution in [3.8, 4) is 5.75 Å². The Morgan fingerprint density at radius 3 is 2.38 bits per heavy atom. The van der Waals surface area contributed by atoms with Crippen LogP contribution in [0.2, 0.25) is 10.0 Å². The van der Waals surface area contributed by atoms with E-state index in [9.17, 15) is 4.79 Å². The first-order valence-corrected chi connectivity index (χ1v) is 11.0. The maximum Gasteiger partial charge on any atom is 0.355 e. The summed E-state index contributed by atoms with van der Waals surface area (Å²) in [6.45, 7) is 6.16. The molecular weight excluding hydrogens is 407 g/mol. The Kier molecular flexibility index (Phi) is 9.32. The highest BCUT2D eigenvalue weighted by Gasteiger charge is 2.42. The summed E-state index contributed by atoms with van der Waals surface area (Å²) in [5, 5.41) is 0.661. The van der Waals surface area contributed by atoms with Crippen LogP contribution in [0.1, 0.15) is 63.5 Å². The third-order valence-corrected chi connectivity index (χ3v) is 5.81. The Balaban J connectivity index is 2.17. The summed E-state index contributed by atoms with van der Waals surface area (Å²) < 4.78 is 11.8. The summed E-state index contributed by atoms with van der Waals surface area (Å²) in [4.78, 5) is 13.1. The molecular formula is C24H30Cl2O3. The minimum Gasteiger partial charge on any atom is -0.471 e. The van der Waals surface area contributed by atoms with Crippen LogP contribution in [-0.4, -0.2) is 12.6 Å². The number of carbonyl (C=O) groups excluding carboxylic acids is 1. The molecule has 0 aliphatic carbocycles. The van der Waals surface area contributed by atoms with Gasteiger partial charge in [0, 0.05) is 5.56 Å². The van der Waals surface area contributed by atoms with E-state index >= 15 is 0 Å². The molecule has 1 unspecified atom stereocenters. The predicted octanol–water partition coefficient (Wildman–Crippen LogP) is 7.50. The van der Waals surface area contributed by atoms with Crippen LogP contribution < -0.4 is 4.74 Å². The molecule has 5 heteroatoms. The van der Waals surface area contributed by atoms with Gasteiger partial charge in [-0.2, -0.15) is 0 Å². The van der Waals surface area contributed by atoms with E-state index in [1.807, 2.05) is 31.2 Å². The summed E-state index contributed by atoms with van der Waals surface area (Å²) in [7, 11) is 0. The van der Waals surface area contributed by atoms with Gasteiger partial charge in [-0.15, -0.1) is 0 Å². The number of esters is 1. The van der Waals surface area contributed by atoms with Gasteiger partial charge in [-0.25, -0.2) is 4.79 Å². The fourth-order valence-electron chi connectivity index (χ4n) is 3.15. The molecule has 2 aromatic rings. The molecule has 2 aromatic carbocycles. The highest BCUT2D eigenvalue weighted by Crippen LogP contribution is 2.38. The zero-order valence-corrected chi connectivity index (χ0v) is 19.0. The quantitative estimate of drug-likeness (QED) is 0.270. The standard InChI is InChI=1S/C24H30Cl2O3/c1-4-5-6-7-8-11-17-28-23(27)24(3,19-14-12-15-20(25)22(19)26)29-21-16-10-9-13-18(21)2/h9-10,12-16H,4-8,11,17H2,1-3H3. The second kappa shape index (κ2) is 11.5. The summed E-state index contributed by atoms with van der Waals surface area (Å²) in [5.74, 6) is 0.126. The van der Waals surface area contributed by atoms with Crippen LogP contribution in [-0.2, 0) is 15.1 Å². The van der Waals surface area contributed by atoms with Gasteiger partial charge in [0.05, 0.1) is 16.7 Å². The van der Waals surface area contributed by atoms with Crippen molar-refractivity contribution in [2.75, 3.05) is 6.61 Å². The molecule has 0 radical (unpaired) electrons. The average Bonchev–Trinajstić information content (AvgIpc) is 2.70. The highest BCUT2D eigenvalue weighted by molar-refractivity contribution is 6.42. The topological polar surface area (TPSA) is 35.5 Å². The fourth-order valence-corrected chi connectivity index (χ4v) is 3.64. The van der Waals surface area contributed by atoms with Gasteiger partial charge in [0.25, 0.3) is 0 Å². The van der Waals surface area contributed by atoms with Crippen LogP contribution in [0.3, 0.4) is 0 Å². The van der Waals surface area contributed by atoms with Gasteiger partial charge in [-0.1, -0.05) is 92.6 Å². The van der Waals surface area contributed by atoms with Crippen molar-refractivity contribution >= 4 is 29.2 Å². The number of hydrogen-bond donors (Lipinski definition) is 0. The second-order valence-electron chi connectivity index (χ2n) is 7.41. The molecule has 0 bridgehead atoms.